The van der Waals surface area contributed by atoms with Gasteiger partial charge in [-0.3, -0.25) is 4.79 Å². The van der Waals surface area contributed by atoms with E-state index in [1.54, 1.807) is 29.3 Å². The molecular weight excluding hydrogens is 418 g/mol. The lowest BCUT2D eigenvalue weighted by Crippen LogP contribution is -2.14. The third-order valence-corrected chi connectivity index (χ3v) is 5.26. The summed E-state index contributed by atoms with van der Waals surface area (Å²) in [4.78, 5) is 14.3. The molecule has 142 valence electrons. The lowest BCUT2D eigenvalue weighted by atomic mass is 10.1. The largest absolute Gasteiger partial charge is 0.457 e. The van der Waals surface area contributed by atoms with E-state index in [9.17, 15) is 10.1 Å². The number of para-hydroxylation sites is 1. The minimum Gasteiger partial charge on any atom is -0.457 e. The number of rotatable bonds is 6. The third-order valence-electron chi connectivity index (χ3n) is 4.99. The summed E-state index contributed by atoms with van der Waals surface area (Å²) in [6.45, 7) is 4.01. The van der Waals surface area contributed by atoms with Gasteiger partial charge in [0.15, 0.2) is 0 Å². The van der Waals surface area contributed by atoms with E-state index >= 15 is 0 Å². The van der Waals surface area contributed by atoms with Crippen LogP contribution in [0.3, 0.4) is 0 Å². The molecule has 0 saturated heterocycles. The van der Waals surface area contributed by atoms with Crippen molar-refractivity contribution in [2.24, 2.45) is 17.3 Å². The number of ether oxygens (including phenoxy) is 2. The Morgan fingerprint density at radius 3 is 2.57 bits per heavy atom. The fourth-order valence-corrected chi connectivity index (χ4v) is 3.46. The highest BCUT2D eigenvalue weighted by Gasteiger charge is 2.61. The smallest absolute Gasteiger partial charge is 0.311 e. The molecule has 1 saturated carbocycles. The van der Waals surface area contributed by atoms with Crippen LogP contribution < -0.4 is 4.74 Å². The monoisotopic (exact) mass is 437 g/mol. The molecule has 0 aliphatic heterocycles. The summed E-state index contributed by atoms with van der Waals surface area (Å²) in [6.07, 6.45) is 0.871. The zero-order valence-electron chi connectivity index (χ0n) is 15.6. The Bertz CT molecular complexity index is 955. The molecule has 3 unspecified atom stereocenters. The number of hydrogen-bond donors (Lipinski definition) is 0. The zero-order valence-corrected chi connectivity index (χ0v) is 17.2. The summed E-state index contributed by atoms with van der Waals surface area (Å²) in [5.41, 5.74) is 3.33. The van der Waals surface area contributed by atoms with Gasteiger partial charge in [-0.15, -0.1) is 5.73 Å². The second-order valence-electron chi connectivity index (χ2n) is 7.20. The summed E-state index contributed by atoms with van der Waals surface area (Å²) in [7, 11) is 0. The van der Waals surface area contributed by atoms with Crippen molar-refractivity contribution >= 4 is 21.9 Å². The Balaban J connectivity index is 1.72. The molecule has 0 amide bonds. The Hall–Kier alpha value is -2.80. The van der Waals surface area contributed by atoms with Crippen LogP contribution >= 0.6 is 15.9 Å². The van der Waals surface area contributed by atoms with Crippen molar-refractivity contribution in [2.45, 2.75) is 20.0 Å². The number of esters is 1. The number of halogens is 1. The second kappa shape index (κ2) is 8.48. The van der Waals surface area contributed by atoms with E-state index in [0.29, 0.717) is 17.1 Å². The minimum atomic E-state index is -0.987. The van der Waals surface area contributed by atoms with E-state index in [4.69, 9.17) is 9.47 Å². The molecule has 0 aromatic heterocycles. The molecule has 3 rings (SSSR count). The van der Waals surface area contributed by atoms with E-state index in [0.717, 1.165) is 0 Å². The maximum Gasteiger partial charge on any atom is 0.311 e. The number of nitriles is 1. The van der Waals surface area contributed by atoms with Gasteiger partial charge < -0.3 is 9.47 Å². The zero-order chi connectivity index (χ0) is 20.1. The summed E-state index contributed by atoms with van der Waals surface area (Å²) in [5.74, 6) is 0.658. The summed E-state index contributed by atoms with van der Waals surface area (Å²) >= 11 is 3.17. The first-order valence-corrected chi connectivity index (χ1v) is 9.83. The second-order valence-corrected chi connectivity index (χ2v) is 7.66. The van der Waals surface area contributed by atoms with Gasteiger partial charge in [-0.05, 0) is 35.8 Å². The Labute approximate surface area is 173 Å². The van der Waals surface area contributed by atoms with E-state index in [1.165, 1.54) is 0 Å². The van der Waals surface area contributed by atoms with Crippen LogP contribution in [-0.4, -0.2) is 5.97 Å². The van der Waals surface area contributed by atoms with Crippen LogP contribution in [-0.2, 0) is 9.53 Å². The molecule has 0 radical (unpaired) electrons. The van der Waals surface area contributed by atoms with Gasteiger partial charge in [0, 0.05) is 16.5 Å². The van der Waals surface area contributed by atoms with Crippen LogP contribution in [0.25, 0.3) is 0 Å². The Morgan fingerprint density at radius 1 is 1.18 bits per heavy atom. The number of hydrogen-bond acceptors (Lipinski definition) is 4. The topological polar surface area (TPSA) is 59.3 Å². The highest BCUT2D eigenvalue weighted by atomic mass is 79.9. The Kier molecular flexibility index (Phi) is 6.04. The summed E-state index contributed by atoms with van der Waals surface area (Å²) in [6, 6.07) is 18.5. The normalized spacial score (nSPS) is 20.1. The number of nitrogens with zero attached hydrogens (tertiary/aromatic N) is 1. The van der Waals surface area contributed by atoms with Crippen LogP contribution in [0.4, 0.5) is 0 Å². The minimum absolute atomic E-state index is 0.0425. The molecule has 0 bridgehead atoms. The van der Waals surface area contributed by atoms with Crippen molar-refractivity contribution in [3.8, 4) is 17.6 Å². The molecular formula is C23H20BrNO3. The van der Waals surface area contributed by atoms with E-state index in [-0.39, 0.29) is 23.2 Å². The van der Waals surface area contributed by atoms with Gasteiger partial charge in [0.05, 0.1) is 5.92 Å². The maximum atomic E-state index is 12.6. The van der Waals surface area contributed by atoms with Gasteiger partial charge in [0.1, 0.15) is 17.6 Å². The molecule has 5 heteroatoms. The molecule has 2 aromatic rings. The highest BCUT2D eigenvalue weighted by molar-refractivity contribution is 9.11. The average molecular weight is 438 g/mol. The third kappa shape index (κ3) is 4.36. The molecule has 0 heterocycles. The first-order valence-electron chi connectivity index (χ1n) is 8.91. The van der Waals surface area contributed by atoms with E-state index in [2.05, 4.69) is 27.7 Å². The fourth-order valence-electron chi connectivity index (χ4n) is 3.30. The molecule has 28 heavy (non-hydrogen) atoms. The summed E-state index contributed by atoms with van der Waals surface area (Å²) < 4.78 is 11.3. The molecule has 3 atom stereocenters. The van der Waals surface area contributed by atoms with Crippen LogP contribution in [0.5, 0.6) is 11.5 Å². The fraction of sp³-hybridized carbons (Fsp3) is 0.261. The quantitative estimate of drug-likeness (QED) is 0.415. The molecule has 1 aliphatic rings. The molecule has 0 spiro atoms. The molecule has 0 N–H and O–H groups in total. The van der Waals surface area contributed by atoms with E-state index < -0.39 is 6.10 Å². The maximum absolute atomic E-state index is 12.6. The van der Waals surface area contributed by atoms with Crippen molar-refractivity contribution in [3.05, 3.63) is 77.0 Å². The number of allylic oxidation sites excluding steroid dienone is 1. The predicted octanol–water partition coefficient (Wildman–Crippen LogP) is 5.92. The van der Waals surface area contributed by atoms with Gasteiger partial charge in [0.2, 0.25) is 6.10 Å². The molecule has 4 nitrogen and oxygen atoms in total. The predicted molar refractivity (Wildman–Crippen MR) is 110 cm³/mol. The number of carbonyl (C=O) groups is 1. The number of benzene rings is 2. The van der Waals surface area contributed by atoms with Gasteiger partial charge in [-0.25, -0.2) is 0 Å². The average Bonchev–Trinajstić information content (AvgIpc) is 3.25. The molecule has 1 aliphatic carbocycles. The van der Waals surface area contributed by atoms with E-state index in [1.807, 2.05) is 50.3 Å². The van der Waals surface area contributed by atoms with Gasteiger partial charge in [0.25, 0.3) is 0 Å². The number of carbonyl (C=O) groups excluding carboxylic acids is 1. The van der Waals surface area contributed by atoms with Gasteiger partial charge in [-0.2, -0.15) is 5.26 Å². The Morgan fingerprint density at radius 2 is 1.89 bits per heavy atom. The van der Waals surface area contributed by atoms with Gasteiger partial charge >= 0.3 is 5.97 Å². The highest BCUT2D eigenvalue weighted by Crippen LogP contribution is 2.59. The van der Waals surface area contributed by atoms with Crippen LogP contribution in [0, 0.1) is 28.6 Å². The lowest BCUT2D eigenvalue weighted by molar-refractivity contribution is -0.149. The van der Waals surface area contributed by atoms with Gasteiger partial charge in [-0.1, -0.05) is 60.1 Å². The van der Waals surface area contributed by atoms with Crippen molar-refractivity contribution < 1.29 is 14.3 Å². The molecule has 2 aromatic carbocycles. The SMILES string of the molecule is CC1(C)C(C=C=CBr)C1C(=O)OC(C#N)c1cccc(Oc2ccccc2)c1. The molecule has 1 fully saturated rings. The van der Waals surface area contributed by atoms with Crippen molar-refractivity contribution in [1.29, 1.82) is 5.26 Å². The van der Waals surface area contributed by atoms with Crippen molar-refractivity contribution in [1.82, 2.24) is 0 Å². The van der Waals surface area contributed by atoms with Crippen molar-refractivity contribution in [3.63, 3.8) is 0 Å². The first kappa shape index (κ1) is 19.9. The van der Waals surface area contributed by atoms with Crippen molar-refractivity contribution in [2.75, 3.05) is 0 Å². The lowest BCUT2D eigenvalue weighted by Gasteiger charge is -2.13. The summed E-state index contributed by atoms with van der Waals surface area (Å²) in [5, 5.41) is 9.55. The standard InChI is InChI=1S/C23H20BrNO3/c1-23(2)19(12-7-13-24)21(23)22(26)28-20(15-25)16-8-6-11-18(14-16)27-17-9-4-3-5-10-17/h3-6,8-14,19-21H,1-2H3. The van der Waals surface area contributed by atoms with Crippen LogP contribution in [0.1, 0.15) is 25.5 Å². The first-order chi connectivity index (χ1) is 13.5. The van der Waals surface area contributed by atoms with Crippen LogP contribution in [0.15, 0.2) is 71.4 Å². The van der Waals surface area contributed by atoms with Crippen LogP contribution in [0.2, 0.25) is 0 Å².